The van der Waals surface area contributed by atoms with Crippen LogP contribution in [0.5, 0.6) is 5.75 Å². The normalized spacial score (nSPS) is 9.44. The second-order valence-electron chi connectivity index (χ2n) is 3.45. The molecule has 1 amide bonds. The topological polar surface area (TPSA) is 73.6 Å². The van der Waals surface area contributed by atoms with Crippen LogP contribution in [0.25, 0.3) is 0 Å². The van der Waals surface area contributed by atoms with Gasteiger partial charge < -0.3 is 20.5 Å². The third kappa shape index (κ3) is 5.25. The summed E-state index contributed by atoms with van der Waals surface area (Å²) in [5.74, 6) is 0.500. The summed E-state index contributed by atoms with van der Waals surface area (Å²) in [6.07, 6.45) is 0.333. The molecule has 0 aliphatic rings. The number of carbonyl (C=O) groups excluding carboxylic acids is 1. The van der Waals surface area contributed by atoms with Crippen molar-refractivity contribution in [2.75, 3.05) is 31.4 Å². The fourth-order valence-corrected chi connectivity index (χ4v) is 1.34. The molecule has 1 rings (SSSR count). The second-order valence-corrected chi connectivity index (χ2v) is 3.45. The highest BCUT2D eigenvalue weighted by Crippen LogP contribution is 2.24. The maximum Gasteiger partial charge on any atom is 0.226 e. The molecule has 6 heteroatoms. The largest absolute Gasteiger partial charge is 0.495 e. The van der Waals surface area contributed by atoms with Crippen molar-refractivity contribution in [2.24, 2.45) is 0 Å². The van der Waals surface area contributed by atoms with Gasteiger partial charge in [-0.2, -0.15) is 0 Å². The number of anilines is 2. The van der Waals surface area contributed by atoms with E-state index in [2.05, 4.69) is 5.32 Å². The molecule has 3 N–H and O–H groups in total. The average Bonchev–Trinajstić information content (AvgIpc) is 2.29. The first-order valence-electron chi connectivity index (χ1n) is 5.48. The van der Waals surface area contributed by atoms with Crippen LogP contribution in [0.1, 0.15) is 13.3 Å². The van der Waals surface area contributed by atoms with Crippen LogP contribution in [0.2, 0.25) is 0 Å². The molecule has 1 aromatic rings. The monoisotopic (exact) mass is 274 g/mol. The highest BCUT2D eigenvalue weighted by molar-refractivity contribution is 5.91. The molecule has 102 valence electrons. The van der Waals surface area contributed by atoms with Gasteiger partial charge in [-0.3, -0.25) is 4.79 Å². The number of nitrogens with two attached hydrogens (primary N) is 1. The van der Waals surface area contributed by atoms with Gasteiger partial charge in [-0.05, 0) is 25.1 Å². The smallest absolute Gasteiger partial charge is 0.226 e. The zero-order chi connectivity index (χ0) is 12.7. The lowest BCUT2D eigenvalue weighted by Crippen LogP contribution is -2.14. The molecule has 0 spiro atoms. The Kier molecular flexibility index (Phi) is 7.91. The van der Waals surface area contributed by atoms with E-state index in [1.54, 1.807) is 25.3 Å². The van der Waals surface area contributed by atoms with E-state index in [1.165, 1.54) is 0 Å². The molecule has 0 bridgehead atoms. The molecule has 5 nitrogen and oxygen atoms in total. The first kappa shape index (κ1) is 16.5. The fraction of sp³-hybridized carbons (Fsp3) is 0.417. The van der Waals surface area contributed by atoms with Crippen LogP contribution in [0.15, 0.2) is 18.2 Å². The number of carbonyl (C=O) groups is 1. The number of benzene rings is 1. The Morgan fingerprint density at radius 2 is 2.17 bits per heavy atom. The van der Waals surface area contributed by atoms with E-state index in [4.69, 9.17) is 15.2 Å². The molecule has 0 aliphatic carbocycles. The van der Waals surface area contributed by atoms with Gasteiger partial charge in [0.25, 0.3) is 0 Å². The van der Waals surface area contributed by atoms with Crippen LogP contribution in [0, 0.1) is 0 Å². The number of halogens is 1. The van der Waals surface area contributed by atoms with Crippen molar-refractivity contribution in [1.82, 2.24) is 0 Å². The summed E-state index contributed by atoms with van der Waals surface area (Å²) in [5.41, 5.74) is 6.88. The Hall–Kier alpha value is -1.46. The van der Waals surface area contributed by atoms with Crippen molar-refractivity contribution in [3.8, 4) is 5.75 Å². The van der Waals surface area contributed by atoms with Gasteiger partial charge in [-0.25, -0.2) is 0 Å². The molecule has 0 saturated heterocycles. The summed E-state index contributed by atoms with van der Waals surface area (Å²) in [6, 6.07) is 5.12. The number of nitrogen functional groups attached to an aromatic ring is 1. The van der Waals surface area contributed by atoms with E-state index in [0.29, 0.717) is 36.8 Å². The Labute approximate surface area is 113 Å². The minimum absolute atomic E-state index is 0. The number of ether oxygens (including phenoxy) is 2. The van der Waals surface area contributed by atoms with Gasteiger partial charge in [0, 0.05) is 12.3 Å². The molecule has 0 aromatic heterocycles. The zero-order valence-electron chi connectivity index (χ0n) is 10.6. The predicted molar refractivity (Wildman–Crippen MR) is 74.4 cm³/mol. The third-order valence-electron chi connectivity index (χ3n) is 2.19. The maximum absolute atomic E-state index is 11.5. The highest BCUT2D eigenvalue weighted by Gasteiger charge is 2.04. The fourth-order valence-electron chi connectivity index (χ4n) is 1.34. The van der Waals surface area contributed by atoms with Crippen LogP contribution in [0.3, 0.4) is 0 Å². The molecular weight excluding hydrogens is 256 g/mol. The average molecular weight is 275 g/mol. The first-order valence-corrected chi connectivity index (χ1v) is 5.48. The molecular formula is C12H19ClN2O3. The third-order valence-corrected chi connectivity index (χ3v) is 2.19. The van der Waals surface area contributed by atoms with Crippen LogP contribution in [-0.4, -0.2) is 26.2 Å². The second kappa shape index (κ2) is 8.60. The lowest BCUT2D eigenvalue weighted by Gasteiger charge is -2.08. The summed E-state index contributed by atoms with van der Waals surface area (Å²) in [5, 5.41) is 2.74. The Morgan fingerprint density at radius 3 is 2.72 bits per heavy atom. The molecule has 1 aromatic carbocycles. The first-order chi connectivity index (χ1) is 8.17. The Morgan fingerprint density at radius 1 is 1.44 bits per heavy atom. The van der Waals surface area contributed by atoms with E-state index in [0.717, 1.165) is 0 Å². The molecule has 0 heterocycles. The number of hydrogen-bond donors (Lipinski definition) is 2. The highest BCUT2D eigenvalue weighted by atomic mass is 35.5. The lowest BCUT2D eigenvalue weighted by atomic mass is 10.2. The van der Waals surface area contributed by atoms with Crippen molar-refractivity contribution in [3.63, 3.8) is 0 Å². The van der Waals surface area contributed by atoms with Crippen molar-refractivity contribution >= 4 is 29.7 Å². The minimum Gasteiger partial charge on any atom is -0.495 e. The molecule has 0 radical (unpaired) electrons. The van der Waals surface area contributed by atoms with Crippen LogP contribution in [0.4, 0.5) is 11.4 Å². The number of amides is 1. The minimum atomic E-state index is -0.0944. The van der Waals surface area contributed by atoms with Gasteiger partial charge >= 0.3 is 0 Å². The molecule has 0 fully saturated rings. The molecule has 0 atom stereocenters. The van der Waals surface area contributed by atoms with Crippen molar-refractivity contribution in [2.45, 2.75) is 13.3 Å². The number of nitrogens with one attached hydrogen (secondary N) is 1. The summed E-state index contributed by atoms with van der Waals surface area (Å²) in [7, 11) is 1.55. The van der Waals surface area contributed by atoms with E-state index in [9.17, 15) is 4.79 Å². The number of rotatable bonds is 6. The van der Waals surface area contributed by atoms with E-state index in [1.807, 2.05) is 6.92 Å². The van der Waals surface area contributed by atoms with Gasteiger partial charge in [-0.1, -0.05) is 0 Å². The molecule has 18 heavy (non-hydrogen) atoms. The SMILES string of the molecule is CCOCCC(=O)Nc1ccc(OC)c(N)c1.Cl. The van der Waals surface area contributed by atoms with Crippen LogP contribution in [-0.2, 0) is 9.53 Å². The van der Waals surface area contributed by atoms with E-state index < -0.39 is 0 Å². The van der Waals surface area contributed by atoms with Crippen LogP contribution >= 0.6 is 12.4 Å². The predicted octanol–water partition coefficient (Wildman–Crippen LogP) is 2.06. The van der Waals surface area contributed by atoms with Crippen molar-refractivity contribution < 1.29 is 14.3 Å². The van der Waals surface area contributed by atoms with Crippen LogP contribution < -0.4 is 15.8 Å². The van der Waals surface area contributed by atoms with Gasteiger partial charge in [0.05, 0.1) is 25.8 Å². The number of hydrogen-bond acceptors (Lipinski definition) is 4. The van der Waals surface area contributed by atoms with Gasteiger partial charge in [0.1, 0.15) is 5.75 Å². The summed E-state index contributed by atoms with van der Waals surface area (Å²) >= 11 is 0. The molecule has 0 aliphatic heterocycles. The zero-order valence-corrected chi connectivity index (χ0v) is 11.4. The Bertz CT molecular complexity index is 386. The van der Waals surface area contributed by atoms with E-state index >= 15 is 0 Å². The maximum atomic E-state index is 11.5. The summed E-state index contributed by atoms with van der Waals surface area (Å²) in [6.45, 7) is 2.93. The molecule has 0 unspecified atom stereocenters. The van der Waals surface area contributed by atoms with E-state index in [-0.39, 0.29) is 18.3 Å². The van der Waals surface area contributed by atoms with Gasteiger partial charge in [-0.15, -0.1) is 12.4 Å². The van der Waals surface area contributed by atoms with Crippen molar-refractivity contribution in [3.05, 3.63) is 18.2 Å². The quantitative estimate of drug-likeness (QED) is 0.615. The van der Waals surface area contributed by atoms with Gasteiger partial charge in [0.15, 0.2) is 0 Å². The summed E-state index contributed by atoms with van der Waals surface area (Å²) < 4.78 is 10.1. The standard InChI is InChI=1S/C12H18N2O3.ClH/c1-3-17-7-6-12(15)14-9-4-5-11(16-2)10(13)8-9;/h4-5,8H,3,6-7,13H2,1-2H3,(H,14,15);1H. The number of methoxy groups -OCH3 is 1. The lowest BCUT2D eigenvalue weighted by molar-refractivity contribution is -0.117. The molecule has 0 saturated carbocycles. The summed E-state index contributed by atoms with van der Waals surface area (Å²) in [4.78, 5) is 11.5. The van der Waals surface area contributed by atoms with Crippen molar-refractivity contribution in [1.29, 1.82) is 0 Å². The van der Waals surface area contributed by atoms with Gasteiger partial charge in [0.2, 0.25) is 5.91 Å². The Balaban J connectivity index is 0.00000289.